The lowest BCUT2D eigenvalue weighted by molar-refractivity contribution is 0.0486. The molecule has 1 amide bonds. The number of fused-ring (bicyclic) bond motifs is 1. The molecule has 0 aliphatic heterocycles. The number of nitrogens with one attached hydrogen (secondary N) is 2. The van der Waals surface area contributed by atoms with Crippen LogP contribution < -0.4 is 10.6 Å². The first-order valence-electron chi connectivity index (χ1n) is 11.3. The van der Waals surface area contributed by atoms with Gasteiger partial charge in [0.1, 0.15) is 11.4 Å². The van der Waals surface area contributed by atoms with Crippen LogP contribution in [-0.2, 0) is 11.2 Å². The summed E-state index contributed by atoms with van der Waals surface area (Å²) < 4.78 is 7.42. The maximum atomic E-state index is 12.2. The van der Waals surface area contributed by atoms with Gasteiger partial charge in [-0.15, -0.1) is 10.2 Å². The Labute approximate surface area is 191 Å². The SMILES string of the molecule is CN=C(NCCCc1nnc2ccccn12)N(C)CCC(NC(=O)OC(C)(C)C)C(C)C. The fourth-order valence-electron chi connectivity index (χ4n) is 3.36. The van der Waals surface area contributed by atoms with Crippen molar-refractivity contribution >= 4 is 17.7 Å². The Balaban J connectivity index is 1.78. The average Bonchev–Trinajstić information content (AvgIpc) is 3.12. The van der Waals surface area contributed by atoms with Crippen LogP contribution >= 0.6 is 0 Å². The van der Waals surface area contributed by atoms with Gasteiger partial charge in [-0.05, 0) is 51.7 Å². The molecule has 9 nitrogen and oxygen atoms in total. The first kappa shape index (κ1) is 25.4. The fraction of sp³-hybridized carbons (Fsp3) is 0.652. The minimum absolute atomic E-state index is 0.0200. The van der Waals surface area contributed by atoms with Crippen molar-refractivity contribution in [2.75, 3.05) is 27.2 Å². The van der Waals surface area contributed by atoms with Gasteiger partial charge in [-0.3, -0.25) is 9.39 Å². The van der Waals surface area contributed by atoms with Crippen LogP contribution in [0, 0.1) is 5.92 Å². The van der Waals surface area contributed by atoms with Gasteiger partial charge in [0.2, 0.25) is 0 Å². The molecule has 2 N–H and O–H groups in total. The summed E-state index contributed by atoms with van der Waals surface area (Å²) in [5.41, 5.74) is 0.360. The van der Waals surface area contributed by atoms with Gasteiger partial charge in [0.05, 0.1) is 0 Å². The predicted molar refractivity (Wildman–Crippen MR) is 128 cm³/mol. The van der Waals surface area contributed by atoms with Crippen molar-refractivity contribution in [3.8, 4) is 0 Å². The molecule has 9 heteroatoms. The Bertz CT molecular complexity index is 886. The number of aromatic nitrogens is 3. The second-order valence-corrected chi connectivity index (χ2v) is 9.33. The van der Waals surface area contributed by atoms with Crippen molar-refractivity contribution in [2.45, 2.75) is 65.5 Å². The number of rotatable bonds is 9. The maximum Gasteiger partial charge on any atom is 0.407 e. The Kier molecular flexibility index (Phi) is 9.28. The van der Waals surface area contributed by atoms with Crippen LogP contribution in [0.25, 0.3) is 5.65 Å². The molecular formula is C23H39N7O2. The molecular weight excluding hydrogens is 406 g/mol. The molecule has 0 spiro atoms. The number of carbonyl (C=O) groups is 1. The van der Waals surface area contributed by atoms with Gasteiger partial charge in [-0.2, -0.15) is 0 Å². The molecule has 0 bridgehead atoms. The van der Waals surface area contributed by atoms with Crippen LogP contribution in [0.1, 0.15) is 53.3 Å². The number of hydrogen-bond acceptors (Lipinski definition) is 5. The van der Waals surface area contributed by atoms with Gasteiger partial charge in [-0.1, -0.05) is 19.9 Å². The van der Waals surface area contributed by atoms with Crippen LogP contribution in [0.15, 0.2) is 29.4 Å². The van der Waals surface area contributed by atoms with Crippen LogP contribution in [0.5, 0.6) is 0 Å². The quantitative estimate of drug-likeness (QED) is 0.350. The third-order valence-corrected chi connectivity index (χ3v) is 5.10. The van der Waals surface area contributed by atoms with Crippen LogP contribution in [0.2, 0.25) is 0 Å². The molecule has 1 atom stereocenters. The minimum atomic E-state index is -0.507. The van der Waals surface area contributed by atoms with E-state index in [0.717, 1.165) is 49.8 Å². The molecule has 2 heterocycles. The van der Waals surface area contributed by atoms with E-state index in [2.05, 4.69) is 44.6 Å². The van der Waals surface area contributed by atoms with E-state index in [-0.39, 0.29) is 12.1 Å². The zero-order chi connectivity index (χ0) is 23.7. The molecule has 178 valence electrons. The topological polar surface area (TPSA) is 96.1 Å². The fourth-order valence-corrected chi connectivity index (χ4v) is 3.36. The molecule has 0 saturated heterocycles. The monoisotopic (exact) mass is 445 g/mol. The molecule has 2 aromatic rings. The molecule has 32 heavy (non-hydrogen) atoms. The van der Waals surface area contributed by atoms with Gasteiger partial charge < -0.3 is 20.3 Å². The highest BCUT2D eigenvalue weighted by atomic mass is 16.6. The molecule has 0 saturated carbocycles. The van der Waals surface area contributed by atoms with Crippen molar-refractivity contribution in [2.24, 2.45) is 10.9 Å². The summed E-state index contributed by atoms with van der Waals surface area (Å²) in [7, 11) is 3.79. The number of ether oxygens (including phenoxy) is 1. The Morgan fingerprint density at radius 1 is 1.28 bits per heavy atom. The number of alkyl carbamates (subject to hydrolysis) is 1. The number of carbonyl (C=O) groups excluding carboxylic acids is 1. The average molecular weight is 446 g/mol. The predicted octanol–water partition coefficient (Wildman–Crippen LogP) is 3.11. The maximum absolute atomic E-state index is 12.2. The normalized spacial score (nSPS) is 13.3. The second-order valence-electron chi connectivity index (χ2n) is 9.33. The van der Waals surface area contributed by atoms with E-state index in [4.69, 9.17) is 4.74 Å². The van der Waals surface area contributed by atoms with E-state index in [1.807, 2.05) is 56.6 Å². The van der Waals surface area contributed by atoms with Gasteiger partial charge in [0.15, 0.2) is 11.6 Å². The smallest absolute Gasteiger partial charge is 0.407 e. The van der Waals surface area contributed by atoms with E-state index >= 15 is 0 Å². The minimum Gasteiger partial charge on any atom is -0.444 e. The summed E-state index contributed by atoms with van der Waals surface area (Å²) in [5.74, 6) is 2.08. The van der Waals surface area contributed by atoms with Crippen LogP contribution in [0.4, 0.5) is 4.79 Å². The lowest BCUT2D eigenvalue weighted by Crippen LogP contribution is -2.45. The van der Waals surface area contributed by atoms with Gasteiger partial charge >= 0.3 is 6.09 Å². The zero-order valence-corrected chi connectivity index (χ0v) is 20.6. The van der Waals surface area contributed by atoms with E-state index in [1.165, 1.54) is 0 Å². The largest absolute Gasteiger partial charge is 0.444 e. The Morgan fingerprint density at radius 2 is 2.03 bits per heavy atom. The number of aliphatic imine (C=N–C) groups is 1. The Morgan fingerprint density at radius 3 is 2.69 bits per heavy atom. The van der Waals surface area contributed by atoms with E-state index < -0.39 is 5.60 Å². The van der Waals surface area contributed by atoms with E-state index in [9.17, 15) is 4.79 Å². The van der Waals surface area contributed by atoms with Crippen molar-refractivity contribution in [1.29, 1.82) is 0 Å². The summed E-state index contributed by atoms with van der Waals surface area (Å²) in [6, 6.07) is 5.92. The highest BCUT2D eigenvalue weighted by Crippen LogP contribution is 2.11. The highest BCUT2D eigenvalue weighted by Gasteiger charge is 2.22. The molecule has 0 aliphatic carbocycles. The lowest BCUT2D eigenvalue weighted by atomic mass is 10.0. The number of guanidine groups is 1. The first-order chi connectivity index (χ1) is 15.1. The van der Waals surface area contributed by atoms with Gasteiger partial charge in [0, 0.05) is 45.8 Å². The zero-order valence-electron chi connectivity index (χ0n) is 20.6. The van der Waals surface area contributed by atoms with Crippen molar-refractivity contribution in [1.82, 2.24) is 30.1 Å². The third-order valence-electron chi connectivity index (χ3n) is 5.10. The van der Waals surface area contributed by atoms with Crippen LogP contribution in [0.3, 0.4) is 0 Å². The molecule has 0 aliphatic rings. The highest BCUT2D eigenvalue weighted by molar-refractivity contribution is 5.79. The molecule has 0 aromatic carbocycles. The van der Waals surface area contributed by atoms with Gasteiger partial charge in [0.25, 0.3) is 0 Å². The number of amides is 1. The summed E-state index contributed by atoms with van der Waals surface area (Å²) in [6.07, 6.45) is 4.15. The number of aryl methyl sites for hydroxylation is 1. The standard InChI is InChI=1S/C23H39N7O2/c1-17(2)18(26-22(31)32-23(3,4)5)13-16-29(7)21(24-6)25-14-10-12-20-28-27-19-11-8-9-15-30(19)20/h8-9,11,15,17-18H,10,12-14,16H2,1-7H3,(H,24,25)(H,26,31). The second kappa shape index (κ2) is 11.7. The number of hydrogen-bond donors (Lipinski definition) is 2. The summed E-state index contributed by atoms with van der Waals surface area (Å²) in [6.45, 7) is 11.3. The van der Waals surface area contributed by atoms with Crippen molar-refractivity contribution < 1.29 is 9.53 Å². The van der Waals surface area contributed by atoms with Crippen LogP contribution in [-0.4, -0.2) is 70.4 Å². The lowest BCUT2D eigenvalue weighted by Gasteiger charge is -2.28. The molecule has 0 radical (unpaired) electrons. The molecule has 1 unspecified atom stereocenters. The molecule has 2 rings (SSSR count). The number of pyridine rings is 1. The third kappa shape index (κ3) is 8.01. The Hall–Kier alpha value is -2.84. The van der Waals surface area contributed by atoms with Crippen molar-refractivity contribution in [3.63, 3.8) is 0 Å². The van der Waals surface area contributed by atoms with Gasteiger partial charge in [-0.25, -0.2) is 4.79 Å². The first-order valence-corrected chi connectivity index (χ1v) is 11.3. The number of nitrogens with zero attached hydrogens (tertiary/aromatic N) is 5. The van der Waals surface area contributed by atoms with Crippen molar-refractivity contribution in [3.05, 3.63) is 30.2 Å². The van der Waals surface area contributed by atoms with E-state index in [0.29, 0.717) is 5.92 Å². The summed E-state index contributed by atoms with van der Waals surface area (Å²) in [5, 5.41) is 14.9. The summed E-state index contributed by atoms with van der Waals surface area (Å²) >= 11 is 0. The van der Waals surface area contributed by atoms with E-state index in [1.54, 1.807) is 7.05 Å². The summed E-state index contributed by atoms with van der Waals surface area (Å²) in [4.78, 5) is 18.6. The molecule has 0 fully saturated rings. The molecule has 2 aromatic heterocycles.